The van der Waals surface area contributed by atoms with Gasteiger partial charge in [-0.1, -0.05) is 24.3 Å². The Balaban J connectivity index is 1.88. The second kappa shape index (κ2) is 5.44. The maximum absolute atomic E-state index is 12.4. The highest BCUT2D eigenvalue weighted by molar-refractivity contribution is 5.97. The predicted molar refractivity (Wildman–Crippen MR) is 83.5 cm³/mol. The standard InChI is InChI=1S/C18H16N2O/c1-12-9-15(10-13(2)19-12)18(21)11-16-8-7-14-5-3-4-6-17(14)20-16/h3-10H,11H2,1-2H3. The first-order valence-corrected chi connectivity index (χ1v) is 6.95. The van der Waals surface area contributed by atoms with Crippen LogP contribution in [0.1, 0.15) is 27.4 Å². The number of rotatable bonds is 3. The molecule has 21 heavy (non-hydrogen) atoms. The van der Waals surface area contributed by atoms with Crippen molar-refractivity contribution in [1.29, 1.82) is 0 Å². The van der Waals surface area contributed by atoms with E-state index in [9.17, 15) is 4.79 Å². The fourth-order valence-electron chi connectivity index (χ4n) is 2.47. The van der Waals surface area contributed by atoms with Crippen molar-refractivity contribution < 1.29 is 4.79 Å². The summed E-state index contributed by atoms with van der Waals surface area (Å²) < 4.78 is 0. The fourth-order valence-corrected chi connectivity index (χ4v) is 2.47. The summed E-state index contributed by atoms with van der Waals surface area (Å²) >= 11 is 0. The van der Waals surface area contributed by atoms with Gasteiger partial charge in [-0.2, -0.15) is 0 Å². The zero-order valence-electron chi connectivity index (χ0n) is 12.1. The maximum Gasteiger partial charge on any atom is 0.168 e. The molecule has 0 N–H and O–H groups in total. The maximum atomic E-state index is 12.4. The quantitative estimate of drug-likeness (QED) is 0.685. The van der Waals surface area contributed by atoms with E-state index >= 15 is 0 Å². The van der Waals surface area contributed by atoms with Crippen molar-refractivity contribution in [2.24, 2.45) is 0 Å². The number of hydrogen-bond acceptors (Lipinski definition) is 3. The third-order valence-corrected chi connectivity index (χ3v) is 3.40. The Labute approximate surface area is 123 Å². The third-order valence-electron chi connectivity index (χ3n) is 3.40. The van der Waals surface area contributed by atoms with E-state index in [2.05, 4.69) is 9.97 Å². The van der Waals surface area contributed by atoms with Gasteiger partial charge < -0.3 is 0 Å². The molecule has 0 amide bonds. The number of pyridine rings is 2. The van der Waals surface area contributed by atoms with Crippen LogP contribution in [0.25, 0.3) is 10.9 Å². The van der Waals surface area contributed by atoms with Crippen LogP contribution in [0, 0.1) is 13.8 Å². The first-order chi connectivity index (χ1) is 10.1. The van der Waals surface area contributed by atoms with Gasteiger partial charge in [-0.15, -0.1) is 0 Å². The van der Waals surface area contributed by atoms with Crippen molar-refractivity contribution in [2.45, 2.75) is 20.3 Å². The number of ketones is 1. The van der Waals surface area contributed by atoms with Crippen LogP contribution in [0.5, 0.6) is 0 Å². The van der Waals surface area contributed by atoms with Gasteiger partial charge in [0.05, 0.1) is 11.9 Å². The molecule has 0 aliphatic rings. The van der Waals surface area contributed by atoms with Gasteiger partial charge in [0.2, 0.25) is 0 Å². The summed E-state index contributed by atoms with van der Waals surface area (Å²) in [5.74, 6) is 0.0754. The smallest absolute Gasteiger partial charge is 0.168 e. The number of benzene rings is 1. The molecule has 0 aliphatic carbocycles. The van der Waals surface area contributed by atoms with Gasteiger partial charge in [0.1, 0.15) is 0 Å². The summed E-state index contributed by atoms with van der Waals surface area (Å²) in [4.78, 5) is 21.2. The monoisotopic (exact) mass is 276 g/mol. The summed E-state index contributed by atoms with van der Waals surface area (Å²) in [6.45, 7) is 3.80. The highest BCUT2D eigenvalue weighted by Crippen LogP contribution is 2.14. The predicted octanol–water partition coefficient (Wildman–Crippen LogP) is 3.67. The van der Waals surface area contributed by atoms with E-state index in [1.54, 1.807) is 0 Å². The molecule has 0 radical (unpaired) electrons. The van der Waals surface area contributed by atoms with Gasteiger partial charge in [0.15, 0.2) is 5.78 Å². The number of fused-ring (bicyclic) bond motifs is 1. The van der Waals surface area contributed by atoms with Crippen LogP contribution in [0.15, 0.2) is 48.5 Å². The van der Waals surface area contributed by atoms with Crippen molar-refractivity contribution in [2.75, 3.05) is 0 Å². The van der Waals surface area contributed by atoms with Crippen molar-refractivity contribution in [3.63, 3.8) is 0 Å². The van der Waals surface area contributed by atoms with Crippen molar-refractivity contribution in [3.05, 3.63) is 71.2 Å². The van der Waals surface area contributed by atoms with Crippen LogP contribution >= 0.6 is 0 Å². The first kappa shape index (κ1) is 13.4. The lowest BCUT2D eigenvalue weighted by Crippen LogP contribution is -2.06. The number of aryl methyl sites for hydroxylation is 2. The zero-order chi connectivity index (χ0) is 14.8. The van der Waals surface area contributed by atoms with E-state index in [-0.39, 0.29) is 5.78 Å². The number of carbonyl (C=O) groups is 1. The second-order valence-electron chi connectivity index (χ2n) is 5.23. The largest absolute Gasteiger partial charge is 0.294 e. The SMILES string of the molecule is Cc1cc(C(=O)Cc2ccc3ccccc3n2)cc(C)n1. The molecule has 0 saturated carbocycles. The first-order valence-electron chi connectivity index (χ1n) is 6.95. The molecule has 0 fully saturated rings. The van der Waals surface area contributed by atoms with Crippen molar-refractivity contribution in [3.8, 4) is 0 Å². The fraction of sp³-hybridized carbons (Fsp3) is 0.167. The molecule has 0 unspecified atom stereocenters. The van der Waals surface area contributed by atoms with Gasteiger partial charge in [0.25, 0.3) is 0 Å². The van der Waals surface area contributed by atoms with Crippen LogP contribution < -0.4 is 0 Å². The van der Waals surface area contributed by atoms with Crippen molar-refractivity contribution >= 4 is 16.7 Å². The molecule has 2 heterocycles. The van der Waals surface area contributed by atoms with E-state index < -0.39 is 0 Å². The van der Waals surface area contributed by atoms with Gasteiger partial charge in [0, 0.05) is 28.0 Å². The minimum absolute atomic E-state index is 0.0754. The van der Waals surface area contributed by atoms with Crippen molar-refractivity contribution in [1.82, 2.24) is 9.97 Å². The van der Waals surface area contributed by atoms with E-state index in [4.69, 9.17) is 0 Å². The summed E-state index contributed by atoms with van der Waals surface area (Å²) in [6.07, 6.45) is 0.313. The van der Waals surface area contributed by atoms with Crippen LogP contribution in [0.4, 0.5) is 0 Å². The zero-order valence-corrected chi connectivity index (χ0v) is 12.1. The number of Topliss-reactive ketones (excluding diaryl/α,β-unsaturated/α-hetero) is 1. The summed E-state index contributed by atoms with van der Waals surface area (Å²) in [5.41, 5.74) is 4.15. The molecule has 3 aromatic rings. The molecular formula is C18H16N2O. The molecule has 0 saturated heterocycles. The number of nitrogens with zero attached hydrogens (tertiary/aromatic N) is 2. The van der Waals surface area contributed by atoms with Crippen LogP contribution in [-0.2, 0) is 6.42 Å². The van der Waals surface area contributed by atoms with E-state index in [0.29, 0.717) is 12.0 Å². The molecule has 0 aliphatic heterocycles. The molecule has 0 atom stereocenters. The average Bonchev–Trinajstić information content (AvgIpc) is 2.46. The lowest BCUT2D eigenvalue weighted by molar-refractivity contribution is 0.0991. The molecule has 0 spiro atoms. The highest BCUT2D eigenvalue weighted by Gasteiger charge is 2.10. The van der Waals surface area contributed by atoms with Crippen LogP contribution in [0.3, 0.4) is 0 Å². The number of aromatic nitrogens is 2. The van der Waals surface area contributed by atoms with Crippen LogP contribution in [0.2, 0.25) is 0 Å². The minimum atomic E-state index is 0.0754. The molecule has 1 aromatic carbocycles. The Bertz CT molecular complexity index is 804. The Hall–Kier alpha value is -2.55. The molecule has 3 heteroatoms. The normalized spacial score (nSPS) is 10.8. The van der Waals surface area contributed by atoms with Gasteiger partial charge >= 0.3 is 0 Å². The molecule has 104 valence electrons. The molecule has 3 rings (SSSR count). The number of hydrogen-bond donors (Lipinski definition) is 0. The third kappa shape index (κ3) is 2.97. The van der Waals surface area contributed by atoms with Crippen LogP contribution in [-0.4, -0.2) is 15.8 Å². The summed E-state index contributed by atoms with van der Waals surface area (Å²) in [7, 11) is 0. The molecular weight excluding hydrogens is 260 g/mol. The minimum Gasteiger partial charge on any atom is -0.294 e. The summed E-state index contributed by atoms with van der Waals surface area (Å²) in [6, 6.07) is 15.5. The molecule has 3 nitrogen and oxygen atoms in total. The average molecular weight is 276 g/mol. The Morgan fingerprint density at radius 1 is 0.952 bits per heavy atom. The highest BCUT2D eigenvalue weighted by atomic mass is 16.1. The molecule has 0 bridgehead atoms. The van der Waals surface area contributed by atoms with Gasteiger partial charge in [-0.3, -0.25) is 14.8 Å². The second-order valence-corrected chi connectivity index (χ2v) is 5.23. The Morgan fingerprint density at radius 2 is 1.67 bits per heavy atom. The lowest BCUT2D eigenvalue weighted by atomic mass is 10.0. The van der Waals surface area contributed by atoms with E-state index in [0.717, 1.165) is 28.0 Å². The van der Waals surface area contributed by atoms with Gasteiger partial charge in [-0.05, 0) is 38.1 Å². The topological polar surface area (TPSA) is 42.9 Å². The van der Waals surface area contributed by atoms with E-state index in [1.807, 2.05) is 62.4 Å². The van der Waals surface area contributed by atoms with Gasteiger partial charge in [-0.25, -0.2) is 0 Å². The molecule has 2 aromatic heterocycles. The Morgan fingerprint density at radius 3 is 2.43 bits per heavy atom. The summed E-state index contributed by atoms with van der Waals surface area (Å²) in [5, 5.41) is 1.09. The lowest BCUT2D eigenvalue weighted by Gasteiger charge is -2.05. The number of para-hydroxylation sites is 1. The Kier molecular flexibility index (Phi) is 3.48. The number of carbonyl (C=O) groups excluding carboxylic acids is 1. The van der Waals surface area contributed by atoms with E-state index in [1.165, 1.54) is 0 Å².